The zero-order valence-corrected chi connectivity index (χ0v) is 17.8. The number of carbonyl (C=O) groups excluding carboxylic acids is 1. The first-order valence-electron chi connectivity index (χ1n) is 8.78. The second-order valence-corrected chi connectivity index (χ2v) is 6.38. The number of benzene rings is 1. The number of nitrogens with zero attached hydrogens (tertiary/aromatic N) is 1. The maximum Gasteiger partial charge on any atom is 0.252 e. The quantitative estimate of drug-likeness (QED) is 0.253. The van der Waals surface area contributed by atoms with E-state index in [1.54, 1.807) is 18.2 Å². The maximum absolute atomic E-state index is 12.1. The van der Waals surface area contributed by atoms with Crippen LogP contribution in [0.3, 0.4) is 0 Å². The van der Waals surface area contributed by atoms with Gasteiger partial charge in [0.05, 0.1) is 17.1 Å². The summed E-state index contributed by atoms with van der Waals surface area (Å²) in [4.78, 5) is 16.6. The van der Waals surface area contributed by atoms with Crippen LogP contribution in [0.25, 0.3) is 0 Å². The van der Waals surface area contributed by atoms with E-state index in [4.69, 9.17) is 11.6 Å². The Kier molecular flexibility index (Phi) is 10.9. The van der Waals surface area contributed by atoms with Gasteiger partial charge in [-0.3, -0.25) is 9.79 Å². The van der Waals surface area contributed by atoms with Gasteiger partial charge in [0, 0.05) is 19.1 Å². The van der Waals surface area contributed by atoms with Crippen molar-refractivity contribution < 1.29 is 4.79 Å². The van der Waals surface area contributed by atoms with Gasteiger partial charge >= 0.3 is 0 Å². The van der Waals surface area contributed by atoms with Gasteiger partial charge in [-0.15, -0.1) is 24.0 Å². The highest BCUT2D eigenvalue weighted by molar-refractivity contribution is 14.0. The third-order valence-electron chi connectivity index (χ3n) is 4.08. The van der Waals surface area contributed by atoms with E-state index in [1.807, 2.05) is 6.07 Å². The van der Waals surface area contributed by atoms with Crippen molar-refractivity contribution >= 4 is 47.4 Å². The Morgan fingerprint density at radius 3 is 2.60 bits per heavy atom. The topological polar surface area (TPSA) is 65.5 Å². The third-order valence-corrected chi connectivity index (χ3v) is 4.41. The van der Waals surface area contributed by atoms with Crippen LogP contribution >= 0.6 is 35.6 Å². The number of nitrogens with one attached hydrogen (secondary N) is 3. The van der Waals surface area contributed by atoms with E-state index in [1.165, 1.54) is 32.1 Å². The molecular weight excluding hydrogens is 451 g/mol. The number of guanidine groups is 1. The Bertz CT molecular complexity index is 562. The Hall–Kier alpha value is -1.02. The summed E-state index contributed by atoms with van der Waals surface area (Å²) in [5.41, 5.74) is 0.496. The molecule has 1 aliphatic carbocycles. The lowest BCUT2D eigenvalue weighted by atomic mass is 9.96. The lowest BCUT2D eigenvalue weighted by Crippen LogP contribution is -2.44. The predicted octanol–water partition coefficient (Wildman–Crippen LogP) is 3.58. The summed E-state index contributed by atoms with van der Waals surface area (Å²) >= 11 is 6.02. The minimum atomic E-state index is -0.166. The van der Waals surface area contributed by atoms with Crippen molar-refractivity contribution in [3.63, 3.8) is 0 Å². The fourth-order valence-corrected chi connectivity index (χ4v) is 3.06. The Morgan fingerprint density at radius 2 is 1.92 bits per heavy atom. The fourth-order valence-electron chi connectivity index (χ4n) is 2.84. The summed E-state index contributed by atoms with van der Waals surface area (Å²) in [6.07, 6.45) is 6.30. The molecule has 2 rings (SSSR count). The molecule has 5 nitrogen and oxygen atoms in total. The molecule has 7 heteroatoms. The van der Waals surface area contributed by atoms with Gasteiger partial charge in [-0.2, -0.15) is 0 Å². The number of hydrogen-bond donors (Lipinski definition) is 3. The molecule has 0 aliphatic heterocycles. The minimum Gasteiger partial charge on any atom is -0.357 e. The zero-order chi connectivity index (χ0) is 17.2. The number of rotatable bonds is 6. The summed E-state index contributed by atoms with van der Waals surface area (Å²) in [5.74, 6) is 0.664. The van der Waals surface area contributed by atoms with Crippen LogP contribution in [-0.4, -0.2) is 37.5 Å². The average Bonchev–Trinajstić information content (AvgIpc) is 2.60. The summed E-state index contributed by atoms with van der Waals surface area (Å²) in [6, 6.07) is 7.55. The Balaban J connectivity index is 0.00000312. The molecule has 1 aromatic carbocycles. The zero-order valence-electron chi connectivity index (χ0n) is 14.7. The Morgan fingerprint density at radius 1 is 1.20 bits per heavy atom. The fraction of sp³-hybridized carbons (Fsp3) is 0.556. The lowest BCUT2D eigenvalue weighted by molar-refractivity contribution is 0.0955. The van der Waals surface area contributed by atoms with Gasteiger partial charge in [0.2, 0.25) is 0 Å². The summed E-state index contributed by atoms with van der Waals surface area (Å²) in [6.45, 7) is 3.88. The second kappa shape index (κ2) is 12.4. The van der Waals surface area contributed by atoms with Gasteiger partial charge < -0.3 is 16.0 Å². The molecule has 25 heavy (non-hydrogen) atoms. The third kappa shape index (κ3) is 7.81. The molecule has 0 atom stereocenters. The van der Waals surface area contributed by atoms with Crippen LogP contribution in [0.5, 0.6) is 0 Å². The van der Waals surface area contributed by atoms with E-state index >= 15 is 0 Å². The van der Waals surface area contributed by atoms with Crippen molar-refractivity contribution in [3.05, 3.63) is 34.9 Å². The average molecular weight is 479 g/mol. The van der Waals surface area contributed by atoms with Crippen LogP contribution in [-0.2, 0) is 0 Å². The van der Waals surface area contributed by atoms with E-state index < -0.39 is 0 Å². The van der Waals surface area contributed by atoms with E-state index in [0.29, 0.717) is 29.7 Å². The molecule has 0 heterocycles. The van der Waals surface area contributed by atoms with Crippen molar-refractivity contribution in [3.8, 4) is 0 Å². The van der Waals surface area contributed by atoms with Crippen molar-refractivity contribution in [2.45, 2.75) is 45.1 Å². The van der Waals surface area contributed by atoms with Crippen molar-refractivity contribution in [1.29, 1.82) is 0 Å². The maximum atomic E-state index is 12.1. The first-order chi connectivity index (χ1) is 11.7. The summed E-state index contributed by atoms with van der Waals surface area (Å²) < 4.78 is 0. The van der Waals surface area contributed by atoms with Crippen LogP contribution in [0.1, 0.15) is 49.4 Å². The standard InChI is InChI=1S/C18H27ClN4O.HI/c1-2-20-18(23-14-8-4-3-5-9-14)22-13-12-21-17(24)15-10-6-7-11-16(15)19;/h6-7,10-11,14H,2-5,8-9,12-13H2,1H3,(H,21,24)(H2,20,22,23);1H. The molecule has 1 saturated carbocycles. The minimum absolute atomic E-state index is 0. The van der Waals surface area contributed by atoms with E-state index in [-0.39, 0.29) is 29.9 Å². The van der Waals surface area contributed by atoms with Gasteiger partial charge in [-0.05, 0) is 31.9 Å². The van der Waals surface area contributed by atoms with E-state index in [9.17, 15) is 4.79 Å². The molecule has 0 bridgehead atoms. The van der Waals surface area contributed by atoms with Crippen LogP contribution in [0.15, 0.2) is 29.3 Å². The molecule has 0 saturated heterocycles. The molecule has 1 aromatic rings. The number of carbonyl (C=O) groups is 1. The highest BCUT2D eigenvalue weighted by Gasteiger charge is 2.14. The number of halogens is 2. The van der Waals surface area contributed by atoms with Gasteiger partial charge in [-0.25, -0.2) is 0 Å². The van der Waals surface area contributed by atoms with Gasteiger partial charge in [0.25, 0.3) is 5.91 Å². The number of aliphatic imine (C=N–C) groups is 1. The first kappa shape index (κ1) is 22.0. The predicted molar refractivity (Wildman–Crippen MR) is 115 cm³/mol. The van der Waals surface area contributed by atoms with Crippen molar-refractivity contribution in [2.75, 3.05) is 19.6 Å². The van der Waals surface area contributed by atoms with Crippen molar-refractivity contribution in [1.82, 2.24) is 16.0 Å². The van der Waals surface area contributed by atoms with Gasteiger partial charge in [-0.1, -0.05) is 43.0 Å². The normalized spacial score (nSPS) is 15.2. The summed E-state index contributed by atoms with van der Waals surface area (Å²) in [7, 11) is 0. The number of amides is 1. The molecule has 0 radical (unpaired) electrons. The molecule has 0 unspecified atom stereocenters. The van der Waals surface area contributed by atoms with Gasteiger partial charge in [0.15, 0.2) is 5.96 Å². The van der Waals surface area contributed by atoms with E-state index in [0.717, 1.165) is 12.5 Å². The molecular formula is C18H28ClIN4O. The van der Waals surface area contributed by atoms with Crippen LogP contribution in [0.4, 0.5) is 0 Å². The molecule has 1 aliphatic rings. The van der Waals surface area contributed by atoms with Crippen molar-refractivity contribution in [2.24, 2.45) is 4.99 Å². The Labute approximate surface area is 172 Å². The van der Waals surface area contributed by atoms with Crippen LogP contribution < -0.4 is 16.0 Å². The van der Waals surface area contributed by atoms with Crippen LogP contribution in [0, 0.1) is 0 Å². The summed E-state index contributed by atoms with van der Waals surface area (Å²) in [5, 5.41) is 10.1. The smallest absolute Gasteiger partial charge is 0.252 e. The largest absolute Gasteiger partial charge is 0.357 e. The second-order valence-electron chi connectivity index (χ2n) is 5.98. The molecule has 140 valence electrons. The lowest BCUT2D eigenvalue weighted by Gasteiger charge is -2.24. The van der Waals surface area contributed by atoms with Crippen LogP contribution in [0.2, 0.25) is 5.02 Å². The monoisotopic (exact) mass is 478 g/mol. The number of hydrogen-bond acceptors (Lipinski definition) is 2. The van der Waals surface area contributed by atoms with E-state index in [2.05, 4.69) is 27.9 Å². The molecule has 0 aromatic heterocycles. The van der Waals surface area contributed by atoms with Gasteiger partial charge in [0.1, 0.15) is 0 Å². The highest BCUT2D eigenvalue weighted by Crippen LogP contribution is 2.17. The molecule has 0 spiro atoms. The first-order valence-corrected chi connectivity index (χ1v) is 9.16. The highest BCUT2D eigenvalue weighted by atomic mass is 127. The molecule has 3 N–H and O–H groups in total. The molecule has 1 fully saturated rings. The molecule has 1 amide bonds. The SMILES string of the molecule is CCNC(=NCCNC(=O)c1ccccc1Cl)NC1CCCCC1.I.